The molecule has 0 N–H and O–H groups in total. The smallest absolute Gasteiger partial charge is 0.435 e. The van der Waals surface area contributed by atoms with E-state index in [0.717, 1.165) is 6.07 Å². The lowest BCUT2D eigenvalue weighted by molar-refractivity contribution is -0.384. The fourth-order valence-corrected chi connectivity index (χ4v) is 3.08. The second kappa shape index (κ2) is 14.8. The summed E-state index contributed by atoms with van der Waals surface area (Å²) in [4.78, 5) is 35.0. The molecule has 0 saturated heterocycles. The number of hydrogen-bond donors (Lipinski definition) is 0. The fraction of sp³-hybridized carbons (Fsp3) is 0.348. The van der Waals surface area contributed by atoms with Gasteiger partial charge in [0.05, 0.1) is 41.8 Å². The molecule has 0 amide bonds. The third-order valence-corrected chi connectivity index (χ3v) is 4.86. The molecule has 0 aliphatic rings. The highest BCUT2D eigenvalue weighted by atomic mass is 35.5. The number of carbonyl (C=O) groups excluding carboxylic acids is 2. The molecule has 37 heavy (non-hydrogen) atoms. The van der Waals surface area contributed by atoms with Gasteiger partial charge in [-0.25, -0.2) is 9.59 Å². The van der Waals surface area contributed by atoms with E-state index in [2.05, 4.69) is 10.2 Å². The van der Waals surface area contributed by atoms with Crippen LogP contribution >= 0.6 is 11.6 Å². The minimum atomic E-state index is -0.804. The van der Waals surface area contributed by atoms with Crippen LogP contribution in [0, 0.1) is 21.4 Å². The third kappa shape index (κ3) is 9.26. The van der Waals surface area contributed by atoms with Crippen molar-refractivity contribution in [2.45, 2.75) is 13.8 Å². The molecule has 0 saturated carbocycles. The molecule has 2 aromatic rings. The van der Waals surface area contributed by atoms with Crippen LogP contribution in [0.5, 0.6) is 0 Å². The molecule has 13 nitrogen and oxygen atoms in total. The molecule has 0 aromatic heterocycles. The highest BCUT2D eigenvalue weighted by molar-refractivity contribution is 6.33. The summed E-state index contributed by atoms with van der Waals surface area (Å²) < 4.78 is 19.5. The maximum atomic E-state index is 11.5. The van der Waals surface area contributed by atoms with Crippen LogP contribution in [0.25, 0.3) is 0 Å². The van der Waals surface area contributed by atoms with Crippen LogP contribution in [0.3, 0.4) is 0 Å². The number of nitriles is 1. The monoisotopic (exact) mass is 533 g/mol. The van der Waals surface area contributed by atoms with Gasteiger partial charge in [0.1, 0.15) is 30.7 Å². The number of rotatable bonds is 12. The molecular formula is C23H24ClN5O8. The molecule has 0 bridgehead atoms. The second-order valence-electron chi connectivity index (χ2n) is 6.96. The number of nitro groups is 1. The standard InChI is InChI=1S/C23H24ClN5O8/c1-3-34-22(30)36-11-9-28(10-12-37-23(31)35-4-2)17-5-8-21(19(24)14-17)27-26-20-7-6-18(29(32)33)13-16(20)15-25/h5-8,13-14H,3-4,9-12H2,1-2H3. The number of nitrogens with zero attached hydrogens (tertiary/aromatic N) is 5. The number of ether oxygens (including phenoxy) is 4. The Hall–Kier alpha value is -4.44. The minimum absolute atomic E-state index is 0.00556. The Morgan fingerprint density at radius 3 is 2.05 bits per heavy atom. The van der Waals surface area contributed by atoms with E-state index < -0.39 is 17.2 Å². The quantitative estimate of drug-likeness (QED) is 0.143. The van der Waals surface area contributed by atoms with Gasteiger partial charge in [0.15, 0.2) is 0 Å². The SMILES string of the molecule is CCOC(=O)OCCN(CCOC(=O)OCC)c1ccc(N=Nc2ccc([N+](=O)[O-])cc2C#N)c(Cl)c1. The van der Waals surface area contributed by atoms with Crippen molar-refractivity contribution >= 4 is 46.7 Å². The zero-order chi connectivity index (χ0) is 27.2. The molecule has 14 heteroatoms. The van der Waals surface area contributed by atoms with Gasteiger partial charge in [0, 0.05) is 17.8 Å². The number of nitro benzene ring substituents is 1. The summed E-state index contributed by atoms with van der Waals surface area (Å²) in [5, 5.41) is 28.4. The van der Waals surface area contributed by atoms with Crippen molar-refractivity contribution in [1.29, 1.82) is 5.26 Å². The topological polar surface area (TPSA) is 166 Å². The van der Waals surface area contributed by atoms with Crippen LogP contribution in [0.2, 0.25) is 5.02 Å². The molecule has 0 aliphatic heterocycles. The molecular weight excluding hydrogens is 510 g/mol. The average molecular weight is 534 g/mol. The van der Waals surface area contributed by atoms with Crippen molar-refractivity contribution in [1.82, 2.24) is 0 Å². The van der Waals surface area contributed by atoms with Crippen LogP contribution in [0.4, 0.5) is 32.3 Å². The number of halogens is 1. The van der Waals surface area contributed by atoms with Gasteiger partial charge in [-0.05, 0) is 38.1 Å². The van der Waals surface area contributed by atoms with Crippen molar-refractivity contribution in [2.24, 2.45) is 10.2 Å². The van der Waals surface area contributed by atoms with E-state index in [4.69, 9.17) is 30.5 Å². The van der Waals surface area contributed by atoms with E-state index in [0.29, 0.717) is 5.69 Å². The molecule has 196 valence electrons. The number of hydrogen-bond acceptors (Lipinski definition) is 12. The molecule has 0 unspecified atom stereocenters. The number of non-ortho nitro benzene ring substituents is 1. The van der Waals surface area contributed by atoms with E-state index >= 15 is 0 Å². The van der Waals surface area contributed by atoms with Gasteiger partial charge in [-0.3, -0.25) is 10.1 Å². The highest BCUT2D eigenvalue weighted by Crippen LogP contribution is 2.32. The van der Waals surface area contributed by atoms with E-state index in [-0.39, 0.29) is 67.2 Å². The number of carbonyl (C=O) groups is 2. The van der Waals surface area contributed by atoms with Crippen molar-refractivity contribution < 1.29 is 33.5 Å². The molecule has 0 fully saturated rings. The summed E-state index contributed by atoms with van der Waals surface area (Å²) in [6.45, 7) is 4.12. The fourth-order valence-electron chi connectivity index (χ4n) is 2.86. The zero-order valence-corrected chi connectivity index (χ0v) is 20.8. The summed E-state index contributed by atoms with van der Waals surface area (Å²) in [5.41, 5.74) is 0.772. The predicted molar refractivity (Wildman–Crippen MR) is 132 cm³/mol. The Morgan fingerprint density at radius 2 is 1.54 bits per heavy atom. The predicted octanol–water partition coefficient (Wildman–Crippen LogP) is 5.69. The molecule has 2 rings (SSSR count). The van der Waals surface area contributed by atoms with Crippen LogP contribution < -0.4 is 4.90 Å². The van der Waals surface area contributed by atoms with Gasteiger partial charge < -0.3 is 23.8 Å². The van der Waals surface area contributed by atoms with Gasteiger partial charge >= 0.3 is 12.3 Å². The Labute approximate surface area is 217 Å². The Bertz CT molecular complexity index is 1160. The maximum Gasteiger partial charge on any atom is 0.508 e. The summed E-state index contributed by atoms with van der Waals surface area (Å²) in [5.74, 6) is 0. The molecule has 0 radical (unpaired) electrons. The molecule has 0 spiro atoms. The lowest BCUT2D eigenvalue weighted by Crippen LogP contribution is -2.32. The first-order valence-electron chi connectivity index (χ1n) is 11.0. The lowest BCUT2D eigenvalue weighted by Gasteiger charge is -2.24. The van der Waals surface area contributed by atoms with Crippen molar-refractivity contribution in [3.05, 3.63) is 57.1 Å². The van der Waals surface area contributed by atoms with Gasteiger partial charge in [-0.1, -0.05) is 11.6 Å². The first-order valence-corrected chi connectivity index (χ1v) is 11.4. The second-order valence-corrected chi connectivity index (χ2v) is 7.36. The normalized spacial score (nSPS) is 10.4. The number of benzene rings is 2. The number of azo groups is 1. The first-order chi connectivity index (χ1) is 17.8. The largest absolute Gasteiger partial charge is 0.508 e. The Morgan fingerprint density at radius 1 is 0.973 bits per heavy atom. The molecule has 0 aliphatic carbocycles. The van der Waals surface area contributed by atoms with Crippen LogP contribution in [0.1, 0.15) is 19.4 Å². The molecule has 0 atom stereocenters. The molecule has 2 aromatic carbocycles. The Kier molecular flexibility index (Phi) is 11.6. The van der Waals surface area contributed by atoms with Gasteiger partial charge in [-0.15, -0.1) is 10.2 Å². The van der Waals surface area contributed by atoms with Crippen LogP contribution in [0.15, 0.2) is 46.6 Å². The van der Waals surface area contributed by atoms with E-state index in [1.54, 1.807) is 36.9 Å². The van der Waals surface area contributed by atoms with Gasteiger partial charge in [0.25, 0.3) is 5.69 Å². The zero-order valence-electron chi connectivity index (χ0n) is 20.1. The van der Waals surface area contributed by atoms with Crippen LogP contribution in [-0.2, 0) is 18.9 Å². The van der Waals surface area contributed by atoms with E-state index in [1.807, 2.05) is 6.07 Å². The molecule has 0 heterocycles. The lowest BCUT2D eigenvalue weighted by atomic mass is 10.2. The highest BCUT2D eigenvalue weighted by Gasteiger charge is 2.14. The maximum absolute atomic E-state index is 11.5. The van der Waals surface area contributed by atoms with E-state index in [1.165, 1.54) is 12.1 Å². The summed E-state index contributed by atoms with van der Waals surface area (Å²) in [7, 11) is 0. The Balaban J connectivity index is 2.17. The number of anilines is 1. The van der Waals surface area contributed by atoms with Crippen molar-refractivity contribution in [3.8, 4) is 6.07 Å². The van der Waals surface area contributed by atoms with Gasteiger partial charge in [-0.2, -0.15) is 5.26 Å². The van der Waals surface area contributed by atoms with E-state index in [9.17, 15) is 25.0 Å². The summed E-state index contributed by atoms with van der Waals surface area (Å²) in [6, 6.07) is 10.3. The first kappa shape index (κ1) is 28.8. The van der Waals surface area contributed by atoms with Crippen molar-refractivity contribution in [3.63, 3.8) is 0 Å². The average Bonchev–Trinajstić information content (AvgIpc) is 2.87. The van der Waals surface area contributed by atoms with Gasteiger partial charge in [0.2, 0.25) is 0 Å². The summed E-state index contributed by atoms with van der Waals surface area (Å²) in [6.07, 6.45) is -1.61. The van der Waals surface area contributed by atoms with Crippen LogP contribution in [-0.4, -0.2) is 56.8 Å². The summed E-state index contributed by atoms with van der Waals surface area (Å²) >= 11 is 6.39. The van der Waals surface area contributed by atoms with Crippen molar-refractivity contribution in [2.75, 3.05) is 44.4 Å². The third-order valence-electron chi connectivity index (χ3n) is 4.56. The minimum Gasteiger partial charge on any atom is -0.435 e.